The van der Waals surface area contributed by atoms with Gasteiger partial charge in [0.05, 0.1) is 25.1 Å². The van der Waals surface area contributed by atoms with Gasteiger partial charge in [0.15, 0.2) is 11.5 Å². The normalized spacial score (nSPS) is 10.9. The van der Waals surface area contributed by atoms with Crippen LogP contribution in [0.2, 0.25) is 0 Å². The van der Waals surface area contributed by atoms with E-state index in [0.717, 1.165) is 0 Å². The van der Waals surface area contributed by atoms with Crippen LogP contribution in [0.3, 0.4) is 0 Å². The third kappa shape index (κ3) is 5.55. The number of carbonyl (C=O) groups is 2. The second kappa shape index (κ2) is 9.93. The van der Waals surface area contributed by atoms with Gasteiger partial charge in [-0.25, -0.2) is 0 Å². The van der Waals surface area contributed by atoms with Crippen LogP contribution >= 0.6 is 0 Å². The van der Waals surface area contributed by atoms with Crippen molar-refractivity contribution in [1.82, 2.24) is 0 Å². The van der Waals surface area contributed by atoms with Gasteiger partial charge >= 0.3 is 0 Å². The minimum atomic E-state index is -0.673. The number of methoxy groups -OCH3 is 1. The monoisotopic (exact) mass is 371 g/mol. The van der Waals surface area contributed by atoms with Gasteiger partial charge in [0.1, 0.15) is 18.1 Å². The van der Waals surface area contributed by atoms with Gasteiger partial charge in [0.25, 0.3) is 5.91 Å². The van der Waals surface area contributed by atoms with Crippen LogP contribution in [-0.2, 0) is 9.59 Å². The fourth-order valence-corrected chi connectivity index (χ4v) is 2.18. The van der Waals surface area contributed by atoms with Crippen LogP contribution in [0.5, 0.6) is 11.5 Å². The van der Waals surface area contributed by atoms with Crippen LogP contribution in [0.4, 0.5) is 11.4 Å². The van der Waals surface area contributed by atoms with E-state index in [1.165, 1.54) is 14.0 Å². The number of hydrogen-bond donors (Lipinski definition) is 3. The first kappa shape index (κ1) is 19.9. The number of nitrogens with one attached hydrogen (secondary N) is 2. The summed E-state index contributed by atoms with van der Waals surface area (Å²) in [6.07, 6.45) is 0. The quantitative estimate of drug-likeness (QED) is 0.354. The van der Waals surface area contributed by atoms with Gasteiger partial charge in [0.2, 0.25) is 0 Å². The molecule has 0 heterocycles. The van der Waals surface area contributed by atoms with Gasteiger partial charge < -0.3 is 19.9 Å². The topological polar surface area (TPSA) is 109 Å². The third-order valence-corrected chi connectivity index (χ3v) is 3.43. The smallest absolute Gasteiger partial charge is 0.279 e. The van der Waals surface area contributed by atoms with E-state index in [9.17, 15) is 9.59 Å². The highest BCUT2D eigenvalue weighted by Gasteiger charge is 2.19. The first-order valence-electron chi connectivity index (χ1n) is 8.18. The molecule has 2 aromatic carbocycles. The minimum Gasteiger partial charge on any atom is -0.495 e. The summed E-state index contributed by atoms with van der Waals surface area (Å²) in [4.78, 5) is 24.4. The standard InChI is InChI=1S/C19H21N3O5/c1-13(24)18(19(25)20-14-7-3-5-9-16(14)26-2)22-21-15-8-4-6-10-17(15)27-12-11-23/h3-10,21,23H,11-12H2,1-2H3,(H,20,25)/b22-18+. The van der Waals surface area contributed by atoms with Crippen LogP contribution in [0.25, 0.3) is 0 Å². The van der Waals surface area contributed by atoms with Gasteiger partial charge in [-0.3, -0.25) is 15.0 Å². The summed E-state index contributed by atoms with van der Waals surface area (Å²) in [5.74, 6) is -0.287. The second-order valence-electron chi connectivity index (χ2n) is 5.35. The Morgan fingerprint density at radius 3 is 2.30 bits per heavy atom. The van der Waals surface area contributed by atoms with Crippen molar-refractivity contribution in [3.8, 4) is 11.5 Å². The van der Waals surface area contributed by atoms with Crippen molar-refractivity contribution in [3.05, 3.63) is 48.5 Å². The number of aliphatic hydroxyl groups is 1. The number of anilines is 2. The highest BCUT2D eigenvalue weighted by molar-refractivity contribution is 6.67. The molecular formula is C19H21N3O5. The second-order valence-corrected chi connectivity index (χ2v) is 5.35. The molecule has 0 radical (unpaired) electrons. The largest absolute Gasteiger partial charge is 0.495 e. The number of hydrazone groups is 1. The number of aliphatic hydroxyl groups excluding tert-OH is 1. The van der Waals surface area contributed by atoms with Gasteiger partial charge in [0, 0.05) is 6.92 Å². The highest BCUT2D eigenvalue weighted by Crippen LogP contribution is 2.24. The third-order valence-electron chi connectivity index (χ3n) is 3.43. The summed E-state index contributed by atoms with van der Waals surface area (Å²) in [5, 5.41) is 15.4. The average molecular weight is 371 g/mol. The summed E-state index contributed by atoms with van der Waals surface area (Å²) < 4.78 is 10.6. The molecule has 0 spiro atoms. The molecule has 0 saturated heterocycles. The Kier molecular flexibility index (Phi) is 7.33. The summed E-state index contributed by atoms with van der Waals surface area (Å²) in [5.41, 5.74) is 3.24. The molecule has 0 aliphatic heterocycles. The fraction of sp³-hybridized carbons (Fsp3) is 0.211. The molecule has 2 rings (SSSR count). The van der Waals surface area contributed by atoms with E-state index in [1.54, 1.807) is 48.5 Å². The van der Waals surface area contributed by atoms with Crippen LogP contribution in [0, 0.1) is 0 Å². The molecule has 1 amide bonds. The Hall–Kier alpha value is -3.39. The van der Waals surface area contributed by atoms with Crippen molar-refractivity contribution in [2.24, 2.45) is 5.10 Å². The molecule has 142 valence electrons. The van der Waals surface area contributed by atoms with Crippen molar-refractivity contribution >= 4 is 28.8 Å². The summed E-state index contributed by atoms with van der Waals surface area (Å²) >= 11 is 0. The Morgan fingerprint density at radius 2 is 1.67 bits per heavy atom. The lowest BCUT2D eigenvalue weighted by Gasteiger charge is -2.12. The number of rotatable bonds is 9. The number of para-hydroxylation sites is 4. The van der Waals surface area contributed by atoms with E-state index in [0.29, 0.717) is 22.9 Å². The van der Waals surface area contributed by atoms with Gasteiger partial charge in [-0.05, 0) is 24.3 Å². The average Bonchev–Trinajstić information content (AvgIpc) is 2.67. The molecule has 3 N–H and O–H groups in total. The Bertz CT molecular complexity index is 836. The maximum atomic E-state index is 12.5. The molecule has 27 heavy (non-hydrogen) atoms. The molecule has 0 aliphatic carbocycles. The maximum Gasteiger partial charge on any atom is 0.279 e. The molecular weight excluding hydrogens is 350 g/mol. The number of benzene rings is 2. The molecule has 2 aromatic rings. The first-order chi connectivity index (χ1) is 13.1. The van der Waals surface area contributed by atoms with Crippen LogP contribution in [0.1, 0.15) is 6.92 Å². The van der Waals surface area contributed by atoms with Crippen molar-refractivity contribution < 1.29 is 24.2 Å². The number of Topliss-reactive ketones (excluding diaryl/α,β-unsaturated/α-hetero) is 1. The molecule has 0 atom stereocenters. The molecule has 0 unspecified atom stereocenters. The Balaban J connectivity index is 2.19. The van der Waals surface area contributed by atoms with Crippen molar-refractivity contribution in [1.29, 1.82) is 0 Å². The van der Waals surface area contributed by atoms with Crippen molar-refractivity contribution in [2.75, 3.05) is 31.1 Å². The Labute approximate surface area is 156 Å². The zero-order chi connectivity index (χ0) is 19.6. The van der Waals surface area contributed by atoms with Crippen LogP contribution < -0.4 is 20.2 Å². The van der Waals surface area contributed by atoms with Gasteiger partial charge in [-0.2, -0.15) is 5.10 Å². The first-order valence-corrected chi connectivity index (χ1v) is 8.18. The molecule has 0 aromatic heterocycles. The van der Waals surface area contributed by atoms with Crippen molar-refractivity contribution in [2.45, 2.75) is 6.92 Å². The van der Waals surface area contributed by atoms with Crippen LogP contribution in [-0.4, -0.2) is 42.8 Å². The number of hydrogen-bond acceptors (Lipinski definition) is 7. The molecule has 0 saturated carbocycles. The van der Waals surface area contributed by atoms with Gasteiger partial charge in [-0.15, -0.1) is 0 Å². The van der Waals surface area contributed by atoms with E-state index in [1.807, 2.05) is 0 Å². The molecule has 0 bridgehead atoms. The number of ketones is 1. The minimum absolute atomic E-state index is 0.107. The number of nitrogens with zero attached hydrogens (tertiary/aromatic N) is 1. The lowest BCUT2D eigenvalue weighted by atomic mass is 10.2. The summed E-state index contributed by atoms with van der Waals surface area (Å²) in [6, 6.07) is 13.7. The van der Waals surface area contributed by atoms with E-state index in [-0.39, 0.29) is 18.9 Å². The number of carbonyl (C=O) groups excluding carboxylic acids is 2. The van der Waals surface area contributed by atoms with E-state index in [4.69, 9.17) is 14.6 Å². The highest BCUT2D eigenvalue weighted by atomic mass is 16.5. The zero-order valence-corrected chi connectivity index (χ0v) is 15.1. The lowest BCUT2D eigenvalue weighted by Crippen LogP contribution is -2.29. The molecule has 8 heteroatoms. The predicted molar refractivity (Wildman–Crippen MR) is 102 cm³/mol. The summed E-state index contributed by atoms with van der Waals surface area (Å²) in [6.45, 7) is 1.21. The van der Waals surface area contributed by atoms with Gasteiger partial charge in [-0.1, -0.05) is 24.3 Å². The predicted octanol–water partition coefficient (Wildman–Crippen LogP) is 2.06. The molecule has 8 nitrogen and oxygen atoms in total. The number of amides is 1. The summed E-state index contributed by atoms with van der Waals surface area (Å²) in [7, 11) is 1.48. The van der Waals surface area contributed by atoms with E-state index >= 15 is 0 Å². The number of ether oxygens (including phenoxy) is 2. The maximum absolute atomic E-state index is 12.5. The Morgan fingerprint density at radius 1 is 1.04 bits per heavy atom. The molecule has 0 fully saturated rings. The van der Waals surface area contributed by atoms with Crippen molar-refractivity contribution in [3.63, 3.8) is 0 Å². The van der Waals surface area contributed by atoms with E-state index < -0.39 is 11.7 Å². The zero-order valence-electron chi connectivity index (χ0n) is 15.1. The van der Waals surface area contributed by atoms with Crippen LogP contribution in [0.15, 0.2) is 53.6 Å². The fourth-order valence-electron chi connectivity index (χ4n) is 2.18. The SMILES string of the molecule is COc1ccccc1NC(=O)/C(=N/Nc1ccccc1OCCO)C(C)=O. The lowest BCUT2D eigenvalue weighted by molar-refractivity contribution is -0.114. The van der Waals surface area contributed by atoms with E-state index in [2.05, 4.69) is 15.8 Å². The molecule has 0 aliphatic rings.